The number of hydrogen-bond donors (Lipinski definition) is 0. The summed E-state index contributed by atoms with van der Waals surface area (Å²) >= 11 is 1.84. The van der Waals surface area contributed by atoms with Crippen molar-refractivity contribution in [3.8, 4) is 16.9 Å². The molecule has 0 aliphatic carbocycles. The molecule has 0 N–H and O–H groups in total. The lowest BCUT2D eigenvalue weighted by molar-refractivity contribution is -0.105. The van der Waals surface area contributed by atoms with Crippen LogP contribution in [0.4, 0.5) is 0 Å². The Morgan fingerprint density at radius 2 is 1.93 bits per heavy atom. The normalized spacial score (nSPS) is 13.1. The molecule has 0 saturated carbocycles. The van der Waals surface area contributed by atoms with Gasteiger partial charge in [-0.3, -0.25) is 4.79 Å². The van der Waals surface area contributed by atoms with Crippen molar-refractivity contribution in [3.63, 3.8) is 0 Å². The summed E-state index contributed by atoms with van der Waals surface area (Å²) < 4.78 is 5.69. The lowest BCUT2D eigenvalue weighted by Crippen LogP contribution is -2.07. The van der Waals surface area contributed by atoms with Crippen LogP contribution in [0.1, 0.15) is 27.8 Å². The topological polar surface area (TPSA) is 26.3 Å². The smallest absolute Gasteiger partial charge is 0.149 e. The average Bonchev–Trinajstić information content (AvgIpc) is 3.15. The number of aryl methyl sites for hydroxylation is 1. The predicted octanol–water partition coefficient (Wildman–Crippen LogP) is 6.12. The van der Waals surface area contributed by atoms with Crippen LogP contribution in [0.2, 0.25) is 0 Å². The summed E-state index contributed by atoms with van der Waals surface area (Å²) in [5.74, 6) is 0.827. The zero-order valence-corrected chi connectivity index (χ0v) is 16.0. The zero-order chi connectivity index (χ0) is 18.6. The molecule has 0 atom stereocenters. The van der Waals surface area contributed by atoms with E-state index >= 15 is 0 Å². The Hall–Kier alpha value is -2.91. The molecule has 134 valence electrons. The molecule has 0 saturated heterocycles. The maximum atomic E-state index is 10.9. The number of carbonyl (C=O) groups is 1. The molecule has 2 heterocycles. The fourth-order valence-corrected chi connectivity index (χ4v) is 4.23. The average molecular weight is 372 g/mol. The number of hydrogen-bond acceptors (Lipinski definition) is 3. The first-order valence-corrected chi connectivity index (χ1v) is 9.87. The third-order valence-corrected chi connectivity index (χ3v) is 5.84. The maximum Gasteiger partial charge on any atom is 0.149 e. The van der Waals surface area contributed by atoms with Gasteiger partial charge in [0.2, 0.25) is 0 Å². The van der Waals surface area contributed by atoms with E-state index in [4.69, 9.17) is 4.74 Å². The minimum Gasteiger partial charge on any atom is -0.488 e. The lowest BCUT2D eigenvalue weighted by atomic mass is 10.0. The Kier molecular flexibility index (Phi) is 5.03. The van der Waals surface area contributed by atoms with Crippen LogP contribution in [-0.2, 0) is 11.2 Å². The van der Waals surface area contributed by atoms with Crippen molar-refractivity contribution in [1.29, 1.82) is 0 Å². The second kappa shape index (κ2) is 7.77. The van der Waals surface area contributed by atoms with E-state index in [0.717, 1.165) is 29.6 Å². The summed E-state index contributed by atoms with van der Waals surface area (Å²) in [7, 11) is 0. The van der Waals surface area contributed by atoms with Gasteiger partial charge < -0.3 is 4.74 Å². The second-order valence-corrected chi connectivity index (χ2v) is 7.63. The van der Waals surface area contributed by atoms with Gasteiger partial charge in [-0.2, -0.15) is 0 Å². The van der Waals surface area contributed by atoms with Crippen LogP contribution in [0.3, 0.4) is 0 Å². The van der Waals surface area contributed by atoms with Crippen LogP contribution >= 0.6 is 11.3 Å². The summed E-state index contributed by atoms with van der Waals surface area (Å²) in [6, 6.07) is 18.9. The molecule has 0 radical (unpaired) electrons. The number of thiophene rings is 1. The van der Waals surface area contributed by atoms with Crippen molar-refractivity contribution in [3.05, 3.63) is 81.1 Å². The standard InChI is InChI=1S/C24H20O2S/c1-2-24-22(19-6-4-3-5-7-19)14-21(27-24)11-9-17-8-10-20-12-18(15-25)16-26-23(20)13-17/h3-15H,2,16H2,1H3/b11-9+. The molecule has 1 aliphatic heterocycles. The molecule has 2 aromatic carbocycles. The fourth-order valence-electron chi connectivity index (χ4n) is 3.20. The molecule has 3 aromatic rings. The van der Waals surface area contributed by atoms with Crippen LogP contribution in [0.25, 0.3) is 29.4 Å². The second-order valence-electron chi connectivity index (χ2n) is 6.46. The van der Waals surface area contributed by atoms with E-state index in [1.165, 1.54) is 20.9 Å². The number of aldehydes is 1. The molecular formula is C24H20O2S. The predicted molar refractivity (Wildman–Crippen MR) is 114 cm³/mol. The molecule has 1 aliphatic rings. The Morgan fingerprint density at radius 3 is 2.70 bits per heavy atom. The minimum absolute atomic E-state index is 0.342. The molecular weight excluding hydrogens is 352 g/mol. The van der Waals surface area contributed by atoms with Crippen LogP contribution in [0.5, 0.6) is 5.75 Å². The first-order valence-electron chi connectivity index (χ1n) is 9.05. The van der Waals surface area contributed by atoms with Gasteiger partial charge >= 0.3 is 0 Å². The molecule has 4 rings (SSSR count). The van der Waals surface area contributed by atoms with Gasteiger partial charge in [-0.05, 0) is 47.4 Å². The third-order valence-electron chi connectivity index (χ3n) is 4.60. The SMILES string of the molecule is CCc1sc(/C=C/c2ccc3c(c2)OCC(C=O)=C3)cc1-c1ccccc1. The molecule has 0 fully saturated rings. The summed E-state index contributed by atoms with van der Waals surface area (Å²) in [4.78, 5) is 13.5. The molecule has 0 unspecified atom stereocenters. The van der Waals surface area contributed by atoms with E-state index in [1.807, 2.05) is 35.6 Å². The highest BCUT2D eigenvalue weighted by molar-refractivity contribution is 7.13. The quantitative estimate of drug-likeness (QED) is 0.504. The van der Waals surface area contributed by atoms with E-state index in [0.29, 0.717) is 12.2 Å². The van der Waals surface area contributed by atoms with Crippen LogP contribution in [0, 0.1) is 0 Å². The molecule has 3 heteroatoms. The Bertz CT molecular complexity index is 1030. The molecule has 1 aromatic heterocycles. The first-order chi connectivity index (χ1) is 13.3. The molecule has 0 spiro atoms. The monoisotopic (exact) mass is 372 g/mol. The number of carbonyl (C=O) groups excluding carboxylic acids is 1. The maximum absolute atomic E-state index is 10.9. The Balaban J connectivity index is 1.60. The molecule has 0 amide bonds. The molecule has 0 bridgehead atoms. The van der Waals surface area contributed by atoms with Crippen molar-refractivity contribution in [1.82, 2.24) is 0 Å². The highest BCUT2D eigenvalue weighted by Crippen LogP contribution is 2.33. The highest BCUT2D eigenvalue weighted by Gasteiger charge is 2.11. The van der Waals surface area contributed by atoms with Crippen molar-refractivity contribution in [2.75, 3.05) is 6.61 Å². The largest absolute Gasteiger partial charge is 0.488 e. The Labute approximate surface area is 163 Å². The highest BCUT2D eigenvalue weighted by atomic mass is 32.1. The van der Waals surface area contributed by atoms with Crippen molar-refractivity contribution < 1.29 is 9.53 Å². The first kappa shape index (κ1) is 17.5. The summed E-state index contributed by atoms with van der Waals surface area (Å²) in [5, 5.41) is 0. The van der Waals surface area contributed by atoms with Crippen LogP contribution in [0.15, 0.2) is 60.2 Å². The fraction of sp³-hybridized carbons (Fsp3) is 0.125. The van der Waals surface area contributed by atoms with Crippen LogP contribution in [-0.4, -0.2) is 12.9 Å². The number of benzene rings is 2. The van der Waals surface area contributed by atoms with Crippen molar-refractivity contribution >= 4 is 35.9 Å². The van der Waals surface area contributed by atoms with Gasteiger partial charge in [-0.25, -0.2) is 0 Å². The van der Waals surface area contributed by atoms with Crippen molar-refractivity contribution in [2.45, 2.75) is 13.3 Å². The lowest BCUT2D eigenvalue weighted by Gasteiger charge is -2.15. The number of fused-ring (bicyclic) bond motifs is 1. The van der Waals surface area contributed by atoms with E-state index in [1.54, 1.807) is 0 Å². The minimum atomic E-state index is 0.342. The van der Waals surface area contributed by atoms with Gasteiger partial charge in [0.25, 0.3) is 0 Å². The van der Waals surface area contributed by atoms with E-state index in [-0.39, 0.29) is 0 Å². The van der Waals surface area contributed by atoms with Gasteiger partial charge in [0, 0.05) is 20.9 Å². The van der Waals surface area contributed by atoms with Gasteiger partial charge in [0.1, 0.15) is 18.6 Å². The molecule has 2 nitrogen and oxygen atoms in total. The third kappa shape index (κ3) is 3.79. The van der Waals surface area contributed by atoms with Gasteiger partial charge in [-0.1, -0.05) is 55.5 Å². The molecule has 27 heavy (non-hydrogen) atoms. The van der Waals surface area contributed by atoms with E-state index in [9.17, 15) is 4.79 Å². The summed E-state index contributed by atoms with van der Waals surface area (Å²) in [6.07, 6.45) is 8.04. The number of ether oxygens (including phenoxy) is 1. The van der Waals surface area contributed by atoms with E-state index < -0.39 is 0 Å². The zero-order valence-electron chi connectivity index (χ0n) is 15.1. The van der Waals surface area contributed by atoms with Crippen molar-refractivity contribution in [2.24, 2.45) is 0 Å². The Morgan fingerprint density at radius 1 is 1.07 bits per heavy atom. The van der Waals surface area contributed by atoms with Crippen LogP contribution < -0.4 is 4.74 Å². The summed E-state index contributed by atoms with van der Waals surface area (Å²) in [5.41, 5.74) is 5.30. The van der Waals surface area contributed by atoms with Gasteiger partial charge in [0.05, 0.1) is 0 Å². The van der Waals surface area contributed by atoms with Gasteiger partial charge in [-0.15, -0.1) is 11.3 Å². The summed E-state index contributed by atoms with van der Waals surface area (Å²) in [6.45, 7) is 2.54. The number of rotatable bonds is 5. The van der Waals surface area contributed by atoms with E-state index in [2.05, 4.69) is 55.5 Å². The van der Waals surface area contributed by atoms with Gasteiger partial charge in [0.15, 0.2) is 0 Å².